The fourth-order valence-electron chi connectivity index (χ4n) is 5.66. The van der Waals surface area contributed by atoms with E-state index in [2.05, 4.69) is 17.4 Å². The van der Waals surface area contributed by atoms with Crippen molar-refractivity contribution in [3.8, 4) is 5.75 Å². The van der Waals surface area contributed by atoms with Crippen molar-refractivity contribution >= 4 is 12.0 Å². The first kappa shape index (κ1) is 21.5. The van der Waals surface area contributed by atoms with Gasteiger partial charge in [-0.25, -0.2) is 4.79 Å². The van der Waals surface area contributed by atoms with Crippen molar-refractivity contribution in [3.63, 3.8) is 0 Å². The highest BCUT2D eigenvalue weighted by molar-refractivity contribution is 5.79. The number of ether oxygens (including phenoxy) is 4. The van der Waals surface area contributed by atoms with Gasteiger partial charge in [0.25, 0.3) is 0 Å². The SMILES string of the molecule is O=C1COCC2(CCCN3C(=O)OCCOc4cccc(c4)C4CCC(CC4)OCC32)N1. The highest BCUT2D eigenvalue weighted by atomic mass is 16.6. The standard InChI is InChI=1S/C24H32N2O6/c27-22-15-29-16-24(25-22)9-2-10-26-21(24)14-32-19-7-5-17(6-8-19)18-3-1-4-20(13-18)30-11-12-31-23(26)28/h1,3-4,13,17,19,21H,2,5-12,14-16H2,(H,25,27). The maximum absolute atomic E-state index is 13.0. The first-order chi connectivity index (χ1) is 15.6. The molecule has 5 aliphatic rings. The van der Waals surface area contributed by atoms with Crippen molar-refractivity contribution in [2.45, 2.75) is 62.1 Å². The molecule has 1 aromatic rings. The van der Waals surface area contributed by atoms with Crippen LogP contribution in [0, 0.1) is 0 Å². The Labute approximate surface area is 188 Å². The van der Waals surface area contributed by atoms with Crippen molar-refractivity contribution < 1.29 is 28.5 Å². The zero-order valence-electron chi connectivity index (χ0n) is 18.4. The molecule has 3 fully saturated rings. The third-order valence-electron chi connectivity index (χ3n) is 7.32. The van der Waals surface area contributed by atoms with E-state index in [0.29, 0.717) is 32.3 Å². The number of carbonyl (C=O) groups is 2. The molecule has 2 atom stereocenters. The first-order valence-corrected chi connectivity index (χ1v) is 11.8. The Balaban J connectivity index is 1.38. The van der Waals surface area contributed by atoms with E-state index in [9.17, 15) is 9.59 Å². The highest BCUT2D eigenvalue weighted by Crippen LogP contribution is 2.37. The summed E-state index contributed by atoms with van der Waals surface area (Å²) in [6.45, 7) is 1.82. The van der Waals surface area contributed by atoms with Crippen LogP contribution in [0.15, 0.2) is 24.3 Å². The predicted molar refractivity (Wildman–Crippen MR) is 116 cm³/mol. The van der Waals surface area contributed by atoms with E-state index < -0.39 is 11.6 Å². The maximum atomic E-state index is 13.0. The topological polar surface area (TPSA) is 86.3 Å². The van der Waals surface area contributed by atoms with Gasteiger partial charge in [0, 0.05) is 6.54 Å². The average Bonchev–Trinajstić information content (AvgIpc) is 2.81. The van der Waals surface area contributed by atoms with Crippen LogP contribution in [0.5, 0.6) is 5.75 Å². The van der Waals surface area contributed by atoms with Gasteiger partial charge in [-0.15, -0.1) is 0 Å². The molecule has 8 heteroatoms. The first-order valence-electron chi connectivity index (χ1n) is 11.8. The summed E-state index contributed by atoms with van der Waals surface area (Å²) in [4.78, 5) is 26.9. The molecule has 32 heavy (non-hydrogen) atoms. The minimum absolute atomic E-state index is 0.0568. The van der Waals surface area contributed by atoms with Gasteiger partial charge in [0.2, 0.25) is 5.91 Å². The number of amides is 2. The van der Waals surface area contributed by atoms with Gasteiger partial charge in [0.15, 0.2) is 0 Å². The number of piperidine rings is 1. The quantitative estimate of drug-likeness (QED) is 0.662. The van der Waals surface area contributed by atoms with Crippen LogP contribution < -0.4 is 10.1 Å². The van der Waals surface area contributed by atoms with E-state index >= 15 is 0 Å². The Morgan fingerprint density at radius 3 is 2.75 bits per heavy atom. The maximum Gasteiger partial charge on any atom is 0.410 e. The van der Waals surface area contributed by atoms with Crippen LogP contribution in [0.4, 0.5) is 4.79 Å². The average molecular weight is 445 g/mol. The molecule has 8 nitrogen and oxygen atoms in total. The van der Waals surface area contributed by atoms with E-state index in [1.165, 1.54) is 5.56 Å². The number of carbonyl (C=O) groups excluding carboxylic acids is 2. The molecule has 0 aromatic heterocycles. The normalized spacial score (nSPS) is 33.8. The number of nitrogens with zero attached hydrogens (tertiary/aromatic N) is 1. The van der Waals surface area contributed by atoms with Crippen molar-refractivity contribution in [2.24, 2.45) is 0 Å². The van der Waals surface area contributed by atoms with Crippen LogP contribution in [0.1, 0.15) is 50.0 Å². The van der Waals surface area contributed by atoms with Crippen LogP contribution in [-0.2, 0) is 19.0 Å². The summed E-state index contributed by atoms with van der Waals surface area (Å²) in [5.41, 5.74) is 0.660. The lowest BCUT2D eigenvalue weighted by atomic mass is 9.80. The second-order valence-corrected chi connectivity index (χ2v) is 9.35. The highest BCUT2D eigenvalue weighted by Gasteiger charge is 2.50. The minimum Gasteiger partial charge on any atom is -0.490 e. The molecule has 1 saturated carbocycles. The number of fused-ring (bicyclic) bond motifs is 7. The van der Waals surface area contributed by atoms with Crippen LogP contribution in [0.2, 0.25) is 0 Å². The zero-order chi connectivity index (χ0) is 22.0. The molecule has 1 aliphatic carbocycles. The molecule has 1 spiro atoms. The Kier molecular flexibility index (Phi) is 6.24. The van der Waals surface area contributed by atoms with Gasteiger partial charge in [0.1, 0.15) is 25.6 Å². The lowest BCUT2D eigenvalue weighted by molar-refractivity contribution is -0.144. The van der Waals surface area contributed by atoms with Crippen molar-refractivity contribution in [3.05, 3.63) is 29.8 Å². The van der Waals surface area contributed by atoms with Crippen molar-refractivity contribution in [1.82, 2.24) is 10.2 Å². The molecule has 6 rings (SSSR count). The fourth-order valence-corrected chi connectivity index (χ4v) is 5.66. The van der Waals surface area contributed by atoms with Crippen LogP contribution in [0.3, 0.4) is 0 Å². The van der Waals surface area contributed by atoms with Crippen molar-refractivity contribution in [2.75, 3.05) is 39.6 Å². The van der Waals surface area contributed by atoms with Crippen molar-refractivity contribution in [1.29, 1.82) is 0 Å². The van der Waals surface area contributed by atoms with Gasteiger partial charge in [-0.1, -0.05) is 12.1 Å². The minimum atomic E-state index is -0.636. The van der Waals surface area contributed by atoms with E-state index in [1.54, 1.807) is 4.90 Å². The fraction of sp³-hybridized carbons (Fsp3) is 0.667. The molecule has 1 aromatic carbocycles. The summed E-state index contributed by atoms with van der Waals surface area (Å²) >= 11 is 0. The molecule has 2 unspecified atom stereocenters. The number of benzene rings is 1. The van der Waals surface area contributed by atoms with Gasteiger partial charge in [-0.3, -0.25) is 4.79 Å². The molecule has 1 N–H and O–H groups in total. The third-order valence-corrected chi connectivity index (χ3v) is 7.32. The predicted octanol–water partition coefficient (Wildman–Crippen LogP) is 2.61. The van der Waals surface area contributed by atoms with Gasteiger partial charge < -0.3 is 29.2 Å². The summed E-state index contributed by atoms with van der Waals surface area (Å²) in [5.74, 6) is 1.17. The summed E-state index contributed by atoms with van der Waals surface area (Å²) in [5, 5.41) is 3.13. The number of hydrogen-bond donors (Lipinski definition) is 1. The molecule has 174 valence electrons. The van der Waals surface area contributed by atoms with E-state index in [0.717, 1.165) is 44.3 Å². The van der Waals surface area contributed by atoms with Gasteiger partial charge in [-0.05, 0) is 62.1 Å². The number of hydrogen-bond acceptors (Lipinski definition) is 6. The summed E-state index contributed by atoms with van der Waals surface area (Å²) in [6, 6.07) is 7.92. The Morgan fingerprint density at radius 2 is 1.91 bits per heavy atom. The number of nitrogens with one attached hydrogen (secondary N) is 1. The largest absolute Gasteiger partial charge is 0.490 e. The van der Waals surface area contributed by atoms with Gasteiger partial charge in [-0.2, -0.15) is 0 Å². The summed E-state index contributed by atoms with van der Waals surface area (Å²) in [7, 11) is 0. The monoisotopic (exact) mass is 444 g/mol. The second kappa shape index (κ2) is 9.27. The molecular weight excluding hydrogens is 412 g/mol. The number of morpholine rings is 1. The van der Waals surface area contributed by atoms with E-state index in [4.69, 9.17) is 18.9 Å². The Morgan fingerprint density at radius 1 is 1.06 bits per heavy atom. The van der Waals surface area contributed by atoms with Crippen LogP contribution in [0.25, 0.3) is 0 Å². The van der Waals surface area contributed by atoms with Gasteiger partial charge in [0.05, 0.1) is 30.9 Å². The zero-order valence-corrected chi connectivity index (χ0v) is 18.4. The Hall–Kier alpha value is -2.32. The molecule has 4 heterocycles. The third kappa shape index (κ3) is 4.43. The molecule has 4 aliphatic heterocycles. The molecule has 0 radical (unpaired) electrons. The van der Waals surface area contributed by atoms with Crippen LogP contribution in [-0.4, -0.2) is 74.2 Å². The number of rotatable bonds is 0. The smallest absolute Gasteiger partial charge is 0.410 e. The second-order valence-electron chi connectivity index (χ2n) is 9.35. The van der Waals surface area contributed by atoms with Gasteiger partial charge >= 0.3 is 6.09 Å². The summed E-state index contributed by atoms with van der Waals surface area (Å²) in [6.07, 6.45) is 5.35. The lowest BCUT2D eigenvalue weighted by Gasteiger charge is -2.51. The summed E-state index contributed by atoms with van der Waals surface area (Å²) < 4.78 is 23.4. The molecule has 4 bridgehead atoms. The lowest BCUT2D eigenvalue weighted by Crippen LogP contribution is -2.72. The van der Waals surface area contributed by atoms with Crippen LogP contribution >= 0.6 is 0 Å². The van der Waals surface area contributed by atoms with E-state index in [1.807, 2.05) is 12.1 Å². The van der Waals surface area contributed by atoms with E-state index in [-0.39, 0.29) is 31.3 Å². The molecule has 2 amide bonds. The Bertz CT molecular complexity index is 836. The molecule has 2 saturated heterocycles. The molecular formula is C24H32N2O6.